The maximum atomic E-state index is 13.3. The summed E-state index contributed by atoms with van der Waals surface area (Å²) in [6.07, 6.45) is 0.382. The molecular formula is C23H22N2O4S. The van der Waals surface area contributed by atoms with Gasteiger partial charge >= 0.3 is 6.09 Å². The van der Waals surface area contributed by atoms with Crippen LogP contribution in [-0.2, 0) is 17.7 Å². The molecule has 0 spiro atoms. The Labute approximate surface area is 178 Å². The second kappa shape index (κ2) is 7.74. The van der Waals surface area contributed by atoms with Gasteiger partial charge in [0.05, 0.1) is 29.7 Å². The number of nitrogens with zero attached hydrogens (tertiary/aromatic N) is 2. The van der Waals surface area contributed by atoms with Gasteiger partial charge in [-0.3, -0.25) is 4.79 Å². The van der Waals surface area contributed by atoms with Gasteiger partial charge in [0.1, 0.15) is 5.69 Å². The Balaban J connectivity index is 1.64. The summed E-state index contributed by atoms with van der Waals surface area (Å²) in [4.78, 5) is 29.0. The lowest BCUT2D eigenvalue weighted by atomic mass is 10.0. The van der Waals surface area contributed by atoms with E-state index in [1.54, 1.807) is 26.9 Å². The number of amides is 1. The molecule has 2 aliphatic heterocycles. The molecule has 1 atom stereocenters. The molecule has 5 rings (SSSR count). The van der Waals surface area contributed by atoms with Crippen molar-refractivity contribution in [3.8, 4) is 27.4 Å². The van der Waals surface area contributed by atoms with Crippen LogP contribution in [0.15, 0.2) is 52.6 Å². The lowest BCUT2D eigenvalue weighted by molar-refractivity contribution is 0.00850. The molecule has 1 saturated heterocycles. The topological polar surface area (TPSA) is 60.8 Å². The molecule has 1 unspecified atom stereocenters. The third-order valence-electron chi connectivity index (χ3n) is 5.71. The highest BCUT2D eigenvalue weighted by Gasteiger charge is 2.30. The summed E-state index contributed by atoms with van der Waals surface area (Å²) in [6, 6.07) is 13.3. The van der Waals surface area contributed by atoms with Crippen LogP contribution in [0.4, 0.5) is 4.79 Å². The van der Waals surface area contributed by atoms with Crippen molar-refractivity contribution < 1.29 is 14.3 Å². The quantitative estimate of drug-likeness (QED) is 0.626. The number of ether oxygens (including phenoxy) is 2. The molecule has 0 saturated carbocycles. The lowest BCUT2D eigenvalue weighted by Gasteiger charge is -2.32. The molecule has 1 fully saturated rings. The monoisotopic (exact) mass is 422 g/mol. The molecule has 2 aliphatic rings. The Morgan fingerprint density at radius 3 is 2.83 bits per heavy atom. The van der Waals surface area contributed by atoms with Gasteiger partial charge in [0, 0.05) is 13.1 Å². The molecule has 2 aromatic heterocycles. The Morgan fingerprint density at radius 2 is 2.03 bits per heavy atom. The first-order valence-electron chi connectivity index (χ1n) is 10.1. The third kappa shape index (κ3) is 3.24. The van der Waals surface area contributed by atoms with E-state index in [1.807, 2.05) is 42.6 Å². The normalized spacial score (nSPS) is 17.9. The number of carbonyl (C=O) groups is 1. The summed E-state index contributed by atoms with van der Waals surface area (Å²) >= 11 is 1.57. The standard InChI is InChI=1S/C23H22N2O4S/c1-15-14-28-11-10-24(15)23(27)29-19-13-18(16-5-3-2-4-6-16)22(26)25-9-7-17-8-12-30-21(17)20(19)25/h2-6,8,12-13,15H,7,9-11,14H2,1H3. The van der Waals surface area contributed by atoms with Crippen LogP contribution in [-0.4, -0.2) is 41.4 Å². The van der Waals surface area contributed by atoms with Gasteiger partial charge < -0.3 is 18.9 Å². The number of hydrogen-bond donors (Lipinski definition) is 0. The summed E-state index contributed by atoms with van der Waals surface area (Å²) in [7, 11) is 0. The second-order valence-electron chi connectivity index (χ2n) is 7.60. The number of morpholine rings is 1. The fourth-order valence-electron chi connectivity index (χ4n) is 4.11. The number of thiophene rings is 1. The largest absolute Gasteiger partial charge is 0.415 e. The van der Waals surface area contributed by atoms with Gasteiger partial charge in [-0.2, -0.15) is 0 Å². The van der Waals surface area contributed by atoms with Crippen molar-refractivity contribution >= 4 is 17.4 Å². The number of benzene rings is 1. The molecule has 1 amide bonds. The van der Waals surface area contributed by atoms with Crippen molar-refractivity contribution in [3.63, 3.8) is 0 Å². The van der Waals surface area contributed by atoms with E-state index >= 15 is 0 Å². The molecule has 0 aliphatic carbocycles. The number of hydrogen-bond acceptors (Lipinski definition) is 5. The van der Waals surface area contributed by atoms with Gasteiger partial charge in [0.15, 0.2) is 5.75 Å². The van der Waals surface area contributed by atoms with Crippen LogP contribution in [0.2, 0.25) is 0 Å². The van der Waals surface area contributed by atoms with E-state index in [0.717, 1.165) is 16.9 Å². The molecule has 0 N–H and O–H groups in total. The van der Waals surface area contributed by atoms with Gasteiger partial charge in [-0.15, -0.1) is 11.3 Å². The van der Waals surface area contributed by atoms with Crippen molar-refractivity contribution in [2.75, 3.05) is 19.8 Å². The van der Waals surface area contributed by atoms with Crippen molar-refractivity contribution in [3.05, 3.63) is 63.8 Å². The zero-order chi connectivity index (χ0) is 20.7. The Kier molecular flexibility index (Phi) is 4.92. The number of aromatic nitrogens is 1. The summed E-state index contributed by atoms with van der Waals surface area (Å²) in [6.45, 7) is 3.99. The van der Waals surface area contributed by atoms with E-state index in [2.05, 4.69) is 6.07 Å². The molecule has 3 aromatic rings. The van der Waals surface area contributed by atoms with Crippen molar-refractivity contribution in [2.45, 2.75) is 25.9 Å². The smallest absolute Gasteiger partial charge is 0.408 e. The summed E-state index contributed by atoms with van der Waals surface area (Å²) in [5.74, 6) is 0.431. The van der Waals surface area contributed by atoms with Gasteiger partial charge in [0.25, 0.3) is 5.56 Å². The van der Waals surface area contributed by atoms with Gasteiger partial charge in [-0.05, 0) is 42.0 Å². The molecule has 1 aromatic carbocycles. The van der Waals surface area contributed by atoms with E-state index < -0.39 is 6.09 Å². The first-order chi connectivity index (χ1) is 14.6. The Hall–Kier alpha value is -2.90. The molecule has 0 radical (unpaired) electrons. The third-order valence-corrected chi connectivity index (χ3v) is 6.67. The van der Waals surface area contributed by atoms with E-state index in [4.69, 9.17) is 9.47 Å². The fourth-order valence-corrected chi connectivity index (χ4v) is 5.13. The van der Waals surface area contributed by atoms with E-state index in [1.165, 1.54) is 5.56 Å². The summed E-state index contributed by atoms with van der Waals surface area (Å²) in [5, 5.41) is 2.02. The van der Waals surface area contributed by atoms with Crippen molar-refractivity contribution in [2.24, 2.45) is 0 Å². The molecule has 30 heavy (non-hydrogen) atoms. The van der Waals surface area contributed by atoms with Crippen molar-refractivity contribution in [1.82, 2.24) is 9.47 Å². The van der Waals surface area contributed by atoms with Crippen LogP contribution in [0.5, 0.6) is 5.75 Å². The minimum Gasteiger partial charge on any atom is -0.408 e. The summed E-state index contributed by atoms with van der Waals surface area (Å²) < 4.78 is 13.1. The molecular weight excluding hydrogens is 400 g/mol. The van der Waals surface area contributed by atoms with Crippen LogP contribution < -0.4 is 10.3 Å². The zero-order valence-electron chi connectivity index (χ0n) is 16.7. The molecule has 7 heteroatoms. The van der Waals surface area contributed by atoms with Crippen LogP contribution >= 0.6 is 11.3 Å². The Morgan fingerprint density at radius 1 is 1.20 bits per heavy atom. The highest BCUT2D eigenvalue weighted by molar-refractivity contribution is 7.13. The van der Waals surface area contributed by atoms with E-state index in [9.17, 15) is 9.59 Å². The maximum Gasteiger partial charge on any atom is 0.415 e. The molecule has 6 nitrogen and oxygen atoms in total. The molecule has 154 valence electrons. The van der Waals surface area contributed by atoms with Gasteiger partial charge in [-0.1, -0.05) is 30.3 Å². The number of carbonyl (C=O) groups excluding carboxylic acids is 1. The van der Waals surface area contributed by atoms with Crippen LogP contribution in [0.25, 0.3) is 21.7 Å². The van der Waals surface area contributed by atoms with Gasteiger partial charge in [-0.25, -0.2) is 4.79 Å². The van der Waals surface area contributed by atoms with Crippen molar-refractivity contribution in [1.29, 1.82) is 0 Å². The molecule has 4 heterocycles. The first-order valence-corrected chi connectivity index (χ1v) is 11.0. The van der Waals surface area contributed by atoms with Crippen LogP contribution in [0.1, 0.15) is 12.5 Å². The predicted octanol–water partition coefficient (Wildman–Crippen LogP) is 4.02. The predicted molar refractivity (Wildman–Crippen MR) is 116 cm³/mol. The number of fused-ring (bicyclic) bond motifs is 3. The second-order valence-corrected chi connectivity index (χ2v) is 8.52. The average Bonchev–Trinajstić information content (AvgIpc) is 3.25. The maximum absolute atomic E-state index is 13.3. The first kappa shape index (κ1) is 19.1. The van der Waals surface area contributed by atoms with E-state index in [0.29, 0.717) is 43.3 Å². The number of aryl methyl sites for hydroxylation is 1. The average molecular weight is 423 g/mol. The number of rotatable bonds is 2. The Bertz CT molecular complexity index is 1150. The van der Waals surface area contributed by atoms with E-state index in [-0.39, 0.29) is 11.6 Å². The molecule has 0 bridgehead atoms. The minimum absolute atomic E-state index is 0.0561. The zero-order valence-corrected chi connectivity index (χ0v) is 17.5. The minimum atomic E-state index is -0.407. The lowest BCUT2D eigenvalue weighted by Crippen LogP contribution is -2.48. The highest BCUT2D eigenvalue weighted by atomic mass is 32.1. The number of pyridine rings is 1. The van der Waals surface area contributed by atoms with Crippen LogP contribution in [0.3, 0.4) is 0 Å². The highest BCUT2D eigenvalue weighted by Crippen LogP contribution is 2.40. The fraction of sp³-hybridized carbons (Fsp3) is 0.304. The SMILES string of the molecule is CC1COCCN1C(=O)Oc1cc(-c2ccccc2)c(=O)n2c1-c1sccc1CC2. The van der Waals surface area contributed by atoms with Gasteiger partial charge in [0.2, 0.25) is 0 Å². The van der Waals surface area contributed by atoms with Crippen LogP contribution in [0, 0.1) is 0 Å². The summed E-state index contributed by atoms with van der Waals surface area (Å²) in [5.41, 5.74) is 3.17.